The molecule has 0 unspecified atom stereocenters. The first kappa shape index (κ1) is 28.0. The Bertz CT molecular complexity index is 1150. The maximum atomic E-state index is 13.4. The van der Waals surface area contributed by atoms with Crippen molar-refractivity contribution in [2.75, 3.05) is 13.2 Å². The molecule has 2 aromatic rings. The molecule has 1 aromatic heterocycles. The Morgan fingerprint density at radius 1 is 1.19 bits per heavy atom. The molecule has 2 heterocycles. The van der Waals surface area contributed by atoms with E-state index in [1.165, 1.54) is 0 Å². The summed E-state index contributed by atoms with van der Waals surface area (Å²) in [6.07, 6.45) is -2.61. The quantitative estimate of drug-likeness (QED) is 0.589. The van der Waals surface area contributed by atoms with E-state index in [0.717, 1.165) is 36.7 Å². The number of carbonyl (C=O) groups is 1. The van der Waals surface area contributed by atoms with E-state index < -0.39 is 23.2 Å². The first-order chi connectivity index (χ1) is 16.6. The smallest absolute Gasteiger partial charge is 0.416 e. The summed E-state index contributed by atoms with van der Waals surface area (Å²) < 4.78 is 55.5. The number of rotatable bonds is 7. The van der Waals surface area contributed by atoms with Gasteiger partial charge in [-0.1, -0.05) is 20.8 Å². The molecule has 200 valence electrons. The summed E-state index contributed by atoms with van der Waals surface area (Å²) in [6.45, 7) is 10.5. The topological polar surface area (TPSA) is 78.0 Å². The van der Waals surface area contributed by atoms with Crippen molar-refractivity contribution in [2.45, 2.75) is 83.7 Å². The second kappa shape index (κ2) is 10.4. The molecule has 10 heteroatoms. The number of ether oxygens (including phenoxy) is 2. The van der Waals surface area contributed by atoms with Crippen LogP contribution in [0, 0.1) is 0 Å². The molecule has 0 bridgehead atoms. The Hall–Kier alpha value is -2.59. The molecule has 1 aliphatic heterocycles. The van der Waals surface area contributed by atoms with Crippen LogP contribution < -0.4 is 10.2 Å². The molecule has 36 heavy (non-hydrogen) atoms. The second-order valence-electron chi connectivity index (χ2n) is 10.9. The molecule has 0 saturated carbocycles. The van der Waals surface area contributed by atoms with Crippen LogP contribution in [0.5, 0.6) is 5.75 Å². The highest BCUT2D eigenvalue weighted by Gasteiger charge is 2.32. The lowest BCUT2D eigenvalue weighted by Gasteiger charge is -2.21. The molecule has 0 spiro atoms. The molecule has 1 amide bonds. The van der Waals surface area contributed by atoms with Crippen LogP contribution >= 0.6 is 0 Å². The highest BCUT2D eigenvalue weighted by molar-refractivity contribution is 5.97. The first-order valence-corrected chi connectivity index (χ1v) is 12.1. The lowest BCUT2D eigenvalue weighted by atomic mass is 9.92. The molecule has 1 saturated heterocycles. The van der Waals surface area contributed by atoms with Gasteiger partial charge in [0, 0.05) is 37.3 Å². The number of nitrogens with zero attached hydrogens (tertiary/aromatic N) is 3. The van der Waals surface area contributed by atoms with Crippen molar-refractivity contribution in [3.63, 3.8) is 0 Å². The van der Waals surface area contributed by atoms with Crippen molar-refractivity contribution in [3.8, 4) is 5.75 Å². The maximum absolute atomic E-state index is 13.4. The SMILES string of the molecule is Cn1c(C(C)(C)C)cc(=NC(=O)c2cc(C(F)(F)F)ccc2OCCC(C)(C)O)n1C[C@H]1CCCO1. The number of hydrogen-bond acceptors (Lipinski definition) is 4. The molecule has 3 rings (SSSR count). The van der Waals surface area contributed by atoms with E-state index in [4.69, 9.17) is 9.47 Å². The van der Waals surface area contributed by atoms with Gasteiger partial charge in [-0.3, -0.25) is 14.2 Å². The van der Waals surface area contributed by atoms with Crippen molar-refractivity contribution in [3.05, 3.63) is 46.6 Å². The summed E-state index contributed by atoms with van der Waals surface area (Å²) in [5, 5.41) is 9.93. The highest BCUT2D eigenvalue weighted by atomic mass is 19.4. The van der Waals surface area contributed by atoms with Crippen molar-refractivity contribution < 1.29 is 32.5 Å². The predicted molar refractivity (Wildman–Crippen MR) is 129 cm³/mol. The molecule has 0 aliphatic carbocycles. The minimum absolute atomic E-state index is 0.0151. The lowest BCUT2D eigenvalue weighted by molar-refractivity contribution is -0.137. The number of alkyl halides is 3. The van der Waals surface area contributed by atoms with Gasteiger partial charge in [0.15, 0.2) is 5.49 Å². The van der Waals surface area contributed by atoms with E-state index in [9.17, 15) is 23.1 Å². The van der Waals surface area contributed by atoms with E-state index in [2.05, 4.69) is 4.99 Å². The van der Waals surface area contributed by atoms with Gasteiger partial charge in [-0.15, -0.1) is 0 Å². The number of aromatic nitrogens is 2. The van der Waals surface area contributed by atoms with Crippen molar-refractivity contribution in [2.24, 2.45) is 12.0 Å². The third kappa shape index (κ3) is 7.00. The van der Waals surface area contributed by atoms with Crippen LogP contribution in [-0.2, 0) is 29.9 Å². The molecule has 1 fully saturated rings. The van der Waals surface area contributed by atoms with E-state index in [1.54, 1.807) is 19.9 Å². The first-order valence-electron chi connectivity index (χ1n) is 12.1. The van der Waals surface area contributed by atoms with Gasteiger partial charge < -0.3 is 14.6 Å². The average Bonchev–Trinajstić information content (AvgIpc) is 3.35. The summed E-state index contributed by atoms with van der Waals surface area (Å²) in [6, 6.07) is 4.55. The van der Waals surface area contributed by atoms with Crippen LogP contribution in [0.2, 0.25) is 0 Å². The van der Waals surface area contributed by atoms with E-state index >= 15 is 0 Å². The maximum Gasteiger partial charge on any atom is 0.416 e. The van der Waals surface area contributed by atoms with Crippen molar-refractivity contribution >= 4 is 5.91 Å². The third-order valence-corrected chi connectivity index (χ3v) is 6.13. The van der Waals surface area contributed by atoms with Crippen LogP contribution in [0.1, 0.15) is 75.5 Å². The Morgan fingerprint density at radius 3 is 2.44 bits per heavy atom. The van der Waals surface area contributed by atoms with Crippen LogP contribution in [0.3, 0.4) is 0 Å². The van der Waals surface area contributed by atoms with Gasteiger partial charge in [-0.05, 0) is 44.9 Å². The fourth-order valence-electron chi connectivity index (χ4n) is 4.14. The molecule has 1 N–H and O–H groups in total. The number of hydrogen-bond donors (Lipinski definition) is 1. The lowest BCUT2D eigenvalue weighted by Crippen LogP contribution is -2.30. The number of aliphatic hydroxyl groups is 1. The van der Waals surface area contributed by atoms with Crippen LogP contribution in [-0.4, -0.2) is 45.3 Å². The van der Waals surface area contributed by atoms with Crippen molar-refractivity contribution in [1.82, 2.24) is 9.36 Å². The van der Waals surface area contributed by atoms with Gasteiger partial charge in [0.1, 0.15) is 5.75 Å². The van der Waals surface area contributed by atoms with Crippen LogP contribution in [0.25, 0.3) is 0 Å². The summed E-state index contributed by atoms with van der Waals surface area (Å²) in [4.78, 5) is 17.6. The van der Waals surface area contributed by atoms with Gasteiger partial charge in [-0.2, -0.15) is 18.2 Å². The summed E-state index contributed by atoms with van der Waals surface area (Å²) in [5.74, 6) is -0.856. The highest BCUT2D eigenvalue weighted by Crippen LogP contribution is 2.33. The molecule has 0 radical (unpaired) electrons. The number of benzene rings is 1. The van der Waals surface area contributed by atoms with E-state index in [-0.39, 0.29) is 35.9 Å². The summed E-state index contributed by atoms with van der Waals surface area (Å²) >= 11 is 0. The molecular weight excluding hydrogens is 475 g/mol. The molecule has 1 atom stereocenters. The summed E-state index contributed by atoms with van der Waals surface area (Å²) in [5.41, 5.74) is -1.29. The van der Waals surface area contributed by atoms with Crippen LogP contribution in [0.4, 0.5) is 13.2 Å². The summed E-state index contributed by atoms with van der Waals surface area (Å²) in [7, 11) is 1.87. The Labute approximate surface area is 209 Å². The van der Waals surface area contributed by atoms with Gasteiger partial charge in [0.05, 0.1) is 36.0 Å². The van der Waals surface area contributed by atoms with Gasteiger partial charge in [0.2, 0.25) is 0 Å². The second-order valence-corrected chi connectivity index (χ2v) is 10.9. The standard InChI is InChI=1S/C26H36F3N3O4/c1-24(2,3)21-15-22(32(31(21)6)16-18-8-7-12-35-18)30-23(33)19-14-17(26(27,28)29)9-10-20(19)36-13-11-25(4,5)34/h9-10,14-15,18,34H,7-8,11-13,16H2,1-6H3/t18-/m1/s1. The molecule has 7 nitrogen and oxygen atoms in total. The zero-order valence-corrected chi connectivity index (χ0v) is 21.8. The van der Waals surface area contributed by atoms with E-state index in [1.807, 2.05) is 37.2 Å². The average molecular weight is 512 g/mol. The van der Waals surface area contributed by atoms with Gasteiger partial charge in [0.25, 0.3) is 5.91 Å². The Kier molecular flexibility index (Phi) is 8.10. The molecular formula is C26H36F3N3O4. The minimum Gasteiger partial charge on any atom is -0.493 e. The predicted octanol–water partition coefficient (Wildman–Crippen LogP) is 4.60. The minimum atomic E-state index is -4.63. The van der Waals surface area contributed by atoms with Gasteiger partial charge in [-0.25, -0.2) is 0 Å². The molecule has 1 aromatic carbocycles. The zero-order valence-electron chi connectivity index (χ0n) is 21.8. The van der Waals surface area contributed by atoms with Crippen molar-refractivity contribution in [1.29, 1.82) is 0 Å². The van der Waals surface area contributed by atoms with E-state index in [0.29, 0.717) is 18.6 Å². The largest absolute Gasteiger partial charge is 0.493 e. The third-order valence-electron chi connectivity index (χ3n) is 6.13. The monoisotopic (exact) mass is 511 g/mol. The number of carbonyl (C=O) groups excluding carboxylic acids is 1. The fraction of sp³-hybridized carbons (Fsp3) is 0.615. The number of amides is 1. The van der Waals surface area contributed by atoms with Gasteiger partial charge >= 0.3 is 6.18 Å². The Morgan fingerprint density at radius 2 is 1.89 bits per heavy atom. The Balaban J connectivity index is 2.06. The zero-order chi connectivity index (χ0) is 26.9. The fourth-order valence-corrected chi connectivity index (χ4v) is 4.14. The van der Waals surface area contributed by atoms with Crippen LogP contribution in [0.15, 0.2) is 29.3 Å². The normalized spacial score (nSPS) is 17.6. The number of halogens is 3. The molecule has 1 aliphatic rings.